The molecule has 0 aromatic carbocycles. The SMILES string of the molecule is CC(CCC(=O)NCCO)C1CCC2C3C(O)CC4CC(O)CCC4(C)C3CC(O)C12C. The van der Waals surface area contributed by atoms with Crippen LogP contribution in [0.15, 0.2) is 0 Å². The first-order valence-corrected chi connectivity index (χ1v) is 13.0. The number of carbonyl (C=O) groups is 1. The summed E-state index contributed by atoms with van der Waals surface area (Å²) < 4.78 is 0. The summed E-state index contributed by atoms with van der Waals surface area (Å²) >= 11 is 0. The molecule has 4 saturated carbocycles. The van der Waals surface area contributed by atoms with E-state index in [2.05, 4.69) is 26.1 Å². The Morgan fingerprint density at radius 1 is 1.06 bits per heavy atom. The van der Waals surface area contributed by atoms with Gasteiger partial charge in [-0.15, -0.1) is 0 Å². The summed E-state index contributed by atoms with van der Waals surface area (Å²) in [7, 11) is 0. The Hall–Kier alpha value is -0.690. The van der Waals surface area contributed by atoms with E-state index in [-0.39, 0.29) is 47.6 Å². The third kappa shape index (κ3) is 3.93. The molecule has 11 unspecified atom stereocenters. The van der Waals surface area contributed by atoms with Crippen molar-refractivity contribution in [3.63, 3.8) is 0 Å². The minimum atomic E-state index is -0.387. The Balaban J connectivity index is 1.51. The van der Waals surface area contributed by atoms with Gasteiger partial charge in [0.25, 0.3) is 0 Å². The topological polar surface area (TPSA) is 110 Å². The number of fused-ring (bicyclic) bond motifs is 5. The van der Waals surface area contributed by atoms with Crippen LogP contribution in [0.1, 0.15) is 78.6 Å². The first-order chi connectivity index (χ1) is 15.1. The van der Waals surface area contributed by atoms with Gasteiger partial charge in [-0.3, -0.25) is 4.79 Å². The zero-order chi connectivity index (χ0) is 23.3. The third-order valence-electron chi connectivity index (χ3n) is 10.8. The normalized spacial score (nSPS) is 49.0. The fourth-order valence-corrected chi connectivity index (χ4v) is 8.98. The van der Waals surface area contributed by atoms with Crippen molar-refractivity contribution in [1.82, 2.24) is 5.32 Å². The summed E-state index contributed by atoms with van der Waals surface area (Å²) in [5.41, 5.74) is -0.125. The quantitative estimate of drug-likeness (QED) is 0.426. The van der Waals surface area contributed by atoms with E-state index < -0.39 is 0 Å². The Morgan fingerprint density at radius 3 is 2.53 bits per heavy atom. The van der Waals surface area contributed by atoms with E-state index in [9.17, 15) is 20.1 Å². The summed E-state index contributed by atoms with van der Waals surface area (Å²) in [6.07, 6.45) is 6.48. The lowest BCUT2D eigenvalue weighted by Crippen LogP contribution is -2.62. The number of aliphatic hydroxyl groups excluding tert-OH is 4. The number of rotatable bonds is 6. The van der Waals surface area contributed by atoms with Crippen molar-refractivity contribution >= 4 is 5.91 Å². The zero-order valence-corrected chi connectivity index (χ0v) is 20.2. The molecule has 11 atom stereocenters. The van der Waals surface area contributed by atoms with Gasteiger partial charge in [-0.05, 0) is 97.7 Å². The molecule has 0 radical (unpaired) electrons. The van der Waals surface area contributed by atoms with Crippen LogP contribution in [0.3, 0.4) is 0 Å². The number of nitrogens with one attached hydrogen (secondary N) is 1. The summed E-state index contributed by atoms with van der Waals surface area (Å²) in [6, 6.07) is 0. The number of amides is 1. The average molecular weight is 452 g/mol. The molecule has 0 spiro atoms. The van der Waals surface area contributed by atoms with Crippen molar-refractivity contribution in [3.8, 4) is 0 Å². The van der Waals surface area contributed by atoms with Crippen LogP contribution < -0.4 is 5.32 Å². The fraction of sp³-hybridized carbons (Fsp3) is 0.962. The zero-order valence-electron chi connectivity index (χ0n) is 20.2. The maximum absolute atomic E-state index is 12.0. The molecule has 1 amide bonds. The predicted molar refractivity (Wildman–Crippen MR) is 122 cm³/mol. The molecule has 0 aromatic heterocycles. The van der Waals surface area contributed by atoms with E-state index in [1.54, 1.807) is 0 Å². The number of hydrogen-bond donors (Lipinski definition) is 5. The van der Waals surface area contributed by atoms with E-state index in [1.807, 2.05) is 0 Å². The van der Waals surface area contributed by atoms with Crippen molar-refractivity contribution in [1.29, 1.82) is 0 Å². The van der Waals surface area contributed by atoms with Crippen LogP contribution in [0.2, 0.25) is 0 Å². The maximum Gasteiger partial charge on any atom is 0.220 e. The van der Waals surface area contributed by atoms with Crippen LogP contribution in [0.5, 0.6) is 0 Å². The van der Waals surface area contributed by atoms with Crippen molar-refractivity contribution in [2.75, 3.05) is 13.2 Å². The summed E-state index contributed by atoms with van der Waals surface area (Å²) in [6.45, 7) is 7.09. The molecule has 6 nitrogen and oxygen atoms in total. The number of aliphatic hydroxyl groups is 4. The van der Waals surface area contributed by atoms with Crippen LogP contribution in [-0.4, -0.2) is 57.8 Å². The molecule has 6 heteroatoms. The van der Waals surface area contributed by atoms with Crippen molar-refractivity contribution in [2.24, 2.45) is 46.3 Å². The van der Waals surface area contributed by atoms with Gasteiger partial charge in [0.2, 0.25) is 5.91 Å². The van der Waals surface area contributed by atoms with Crippen LogP contribution in [0.25, 0.3) is 0 Å². The predicted octanol–water partition coefficient (Wildman–Crippen LogP) is 2.47. The molecule has 5 N–H and O–H groups in total. The van der Waals surface area contributed by atoms with Crippen LogP contribution in [0, 0.1) is 46.3 Å². The molecule has 0 heterocycles. The van der Waals surface area contributed by atoms with Gasteiger partial charge in [0, 0.05) is 13.0 Å². The second-order valence-corrected chi connectivity index (χ2v) is 12.1. The lowest BCUT2D eigenvalue weighted by atomic mass is 9.43. The van der Waals surface area contributed by atoms with Gasteiger partial charge in [0.15, 0.2) is 0 Å². The van der Waals surface area contributed by atoms with Gasteiger partial charge in [-0.1, -0.05) is 20.8 Å². The smallest absolute Gasteiger partial charge is 0.220 e. The average Bonchev–Trinajstić information content (AvgIpc) is 3.11. The number of carbonyl (C=O) groups excluding carboxylic acids is 1. The molecule has 4 fully saturated rings. The van der Waals surface area contributed by atoms with E-state index >= 15 is 0 Å². The molecule has 0 aliphatic heterocycles. The minimum Gasteiger partial charge on any atom is -0.395 e. The highest BCUT2D eigenvalue weighted by Gasteiger charge is 2.65. The molecule has 184 valence electrons. The van der Waals surface area contributed by atoms with E-state index in [0.29, 0.717) is 42.6 Å². The Labute approximate surface area is 193 Å². The molecule has 32 heavy (non-hydrogen) atoms. The Morgan fingerprint density at radius 2 is 1.81 bits per heavy atom. The summed E-state index contributed by atoms with van der Waals surface area (Å²) in [5, 5.41) is 44.8. The van der Waals surface area contributed by atoms with Gasteiger partial charge >= 0.3 is 0 Å². The third-order valence-corrected chi connectivity index (χ3v) is 10.8. The molecular weight excluding hydrogens is 406 g/mol. The first-order valence-electron chi connectivity index (χ1n) is 13.0. The van der Waals surface area contributed by atoms with Gasteiger partial charge in [0.1, 0.15) is 0 Å². The number of hydrogen-bond acceptors (Lipinski definition) is 5. The lowest BCUT2D eigenvalue weighted by Gasteiger charge is -2.63. The molecule has 0 saturated heterocycles. The second-order valence-electron chi connectivity index (χ2n) is 12.1. The molecular formula is C26H45NO5. The molecule has 4 aliphatic rings. The van der Waals surface area contributed by atoms with Crippen molar-refractivity contribution in [2.45, 2.75) is 96.9 Å². The highest BCUT2D eigenvalue weighted by molar-refractivity contribution is 5.75. The molecule has 0 aromatic rings. The second kappa shape index (κ2) is 9.16. The highest BCUT2D eigenvalue weighted by Crippen LogP contribution is 2.68. The lowest BCUT2D eigenvalue weighted by molar-refractivity contribution is -0.207. The van der Waals surface area contributed by atoms with Gasteiger partial charge in [-0.25, -0.2) is 0 Å². The summed E-state index contributed by atoms with van der Waals surface area (Å²) in [4.78, 5) is 12.0. The Bertz CT molecular complexity index is 687. The molecule has 4 aliphatic carbocycles. The monoisotopic (exact) mass is 451 g/mol. The van der Waals surface area contributed by atoms with E-state index in [1.165, 1.54) is 0 Å². The van der Waals surface area contributed by atoms with Crippen LogP contribution in [0.4, 0.5) is 0 Å². The van der Waals surface area contributed by atoms with E-state index in [4.69, 9.17) is 5.11 Å². The first kappa shape index (κ1) is 24.4. The Kier molecular flexibility index (Phi) is 7.00. The molecule has 4 rings (SSSR count). The van der Waals surface area contributed by atoms with Gasteiger partial charge in [-0.2, -0.15) is 0 Å². The van der Waals surface area contributed by atoms with E-state index in [0.717, 1.165) is 51.4 Å². The fourth-order valence-electron chi connectivity index (χ4n) is 8.98. The van der Waals surface area contributed by atoms with Gasteiger partial charge in [0.05, 0.1) is 24.9 Å². The summed E-state index contributed by atoms with van der Waals surface area (Å²) in [5.74, 6) is 1.85. The van der Waals surface area contributed by atoms with Crippen LogP contribution in [-0.2, 0) is 4.79 Å². The highest BCUT2D eigenvalue weighted by atomic mass is 16.3. The standard InChI is InChI=1S/C26H45NO5/c1-15(4-7-23(32)27-10-11-28)18-5-6-19-24-20(14-22(31)26(18,19)3)25(2)9-8-17(29)12-16(25)13-21(24)30/h15-22,24,28-31H,4-14H2,1-3H3,(H,27,32). The van der Waals surface area contributed by atoms with Crippen molar-refractivity contribution in [3.05, 3.63) is 0 Å². The molecule has 0 bridgehead atoms. The van der Waals surface area contributed by atoms with Crippen LogP contribution >= 0.6 is 0 Å². The van der Waals surface area contributed by atoms with Crippen molar-refractivity contribution < 1.29 is 25.2 Å². The maximum atomic E-state index is 12.0. The largest absolute Gasteiger partial charge is 0.395 e. The minimum absolute atomic E-state index is 0.0176. The van der Waals surface area contributed by atoms with Gasteiger partial charge < -0.3 is 25.7 Å².